The molecule has 1 aromatic heterocycles. The summed E-state index contributed by atoms with van der Waals surface area (Å²) in [4.78, 5) is 42.8. The van der Waals surface area contributed by atoms with Crippen LogP contribution in [0.2, 0.25) is 5.02 Å². The average molecular weight is 417 g/mol. The summed E-state index contributed by atoms with van der Waals surface area (Å²) in [5.41, 5.74) is 0.664. The number of aromatic nitrogens is 1. The van der Waals surface area contributed by atoms with E-state index in [2.05, 4.69) is 15.6 Å². The number of nitrogens with zero attached hydrogens (tertiary/aromatic N) is 2. The third-order valence-corrected chi connectivity index (χ3v) is 4.51. The number of benzene rings is 1. The number of hydrogen-bond acceptors (Lipinski definition) is 5. The normalized spacial score (nSPS) is 15.1. The van der Waals surface area contributed by atoms with Crippen molar-refractivity contribution in [3.8, 4) is 5.75 Å². The Bertz CT molecular complexity index is 921. The second kappa shape index (κ2) is 9.38. The van der Waals surface area contributed by atoms with Gasteiger partial charge in [0.25, 0.3) is 11.8 Å². The summed E-state index contributed by atoms with van der Waals surface area (Å²) in [6, 6.07) is 9.93. The van der Waals surface area contributed by atoms with E-state index in [0.29, 0.717) is 23.0 Å². The Morgan fingerprint density at radius 1 is 1.24 bits per heavy atom. The maximum Gasteiger partial charge on any atom is 0.270 e. The van der Waals surface area contributed by atoms with Crippen molar-refractivity contribution in [2.45, 2.75) is 19.4 Å². The Kier molecular flexibility index (Phi) is 6.66. The third-order valence-electron chi connectivity index (χ3n) is 4.27. The fourth-order valence-corrected chi connectivity index (χ4v) is 3.00. The summed E-state index contributed by atoms with van der Waals surface area (Å²) in [6.07, 6.45) is 1.38. The van der Waals surface area contributed by atoms with Gasteiger partial charge in [-0.2, -0.15) is 0 Å². The Morgan fingerprint density at radius 2 is 2.03 bits per heavy atom. The molecule has 2 N–H and O–H groups in total. The van der Waals surface area contributed by atoms with Crippen molar-refractivity contribution in [1.29, 1.82) is 0 Å². The molecular formula is C20H21ClN4O4. The fraction of sp³-hybridized carbons (Fsp3) is 0.300. The molecule has 1 atom stereocenters. The first-order valence-corrected chi connectivity index (χ1v) is 9.61. The molecular weight excluding hydrogens is 396 g/mol. The van der Waals surface area contributed by atoms with Gasteiger partial charge in [-0.05, 0) is 30.7 Å². The number of amides is 3. The second-order valence-corrected chi connectivity index (χ2v) is 6.85. The lowest BCUT2D eigenvalue weighted by Crippen LogP contribution is -2.52. The van der Waals surface area contributed by atoms with Gasteiger partial charge in [0.05, 0.1) is 18.8 Å². The fourth-order valence-electron chi connectivity index (χ4n) is 2.84. The number of rotatable bonds is 6. The maximum atomic E-state index is 12.8. The molecule has 152 valence electrons. The largest absolute Gasteiger partial charge is 0.477 e. The number of carbonyl (C=O) groups is 3. The van der Waals surface area contributed by atoms with Crippen LogP contribution in [-0.4, -0.2) is 48.4 Å². The second-order valence-electron chi connectivity index (χ2n) is 6.41. The van der Waals surface area contributed by atoms with Gasteiger partial charge in [0, 0.05) is 17.8 Å². The molecule has 1 aliphatic heterocycles. The van der Waals surface area contributed by atoms with Crippen LogP contribution in [0.4, 0.5) is 5.69 Å². The highest BCUT2D eigenvalue weighted by Gasteiger charge is 2.33. The number of fused-ring (bicyclic) bond motifs is 1. The number of anilines is 1. The number of para-hydroxylation sites is 2. The number of ether oxygens (including phenoxy) is 1. The van der Waals surface area contributed by atoms with E-state index < -0.39 is 12.0 Å². The molecule has 0 bridgehead atoms. The van der Waals surface area contributed by atoms with Crippen LogP contribution in [0.3, 0.4) is 0 Å². The van der Waals surface area contributed by atoms with Gasteiger partial charge in [0.1, 0.15) is 11.4 Å². The van der Waals surface area contributed by atoms with Crippen LogP contribution in [0, 0.1) is 0 Å². The van der Waals surface area contributed by atoms with E-state index in [-0.39, 0.29) is 30.6 Å². The lowest BCUT2D eigenvalue weighted by atomic mass is 10.1. The molecule has 2 heterocycles. The van der Waals surface area contributed by atoms with Gasteiger partial charge < -0.3 is 20.3 Å². The van der Waals surface area contributed by atoms with Crippen molar-refractivity contribution in [3.63, 3.8) is 0 Å². The molecule has 1 aromatic carbocycles. The minimum Gasteiger partial charge on any atom is -0.477 e. The molecule has 3 amide bonds. The maximum absolute atomic E-state index is 12.8. The Hall–Kier alpha value is -3.13. The smallest absolute Gasteiger partial charge is 0.270 e. The summed E-state index contributed by atoms with van der Waals surface area (Å²) in [6.45, 7) is 2.27. The number of hydrogen-bond donors (Lipinski definition) is 2. The van der Waals surface area contributed by atoms with E-state index in [0.717, 1.165) is 6.42 Å². The summed E-state index contributed by atoms with van der Waals surface area (Å²) < 4.78 is 5.76. The number of carbonyl (C=O) groups excluding carboxylic acids is 3. The van der Waals surface area contributed by atoms with Crippen LogP contribution in [-0.2, 0) is 9.59 Å². The van der Waals surface area contributed by atoms with E-state index in [1.807, 2.05) is 6.92 Å². The monoisotopic (exact) mass is 416 g/mol. The summed E-state index contributed by atoms with van der Waals surface area (Å²) in [5.74, 6) is -0.734. The molecule has 8 nitrogen and oxygen atoms in total. The molecule has 3 rings (SSSR count). The molecule has 1 aliphatic rings. The summed E-state index contributed by atoms with van der Waals surface area (Å²) >= 11 is 5.86. The first-order chi connectivity index (χ1) is 14.0. The average Bonchev–Trinajstić information content (AvgIpc) is 2.74. The van der Waals surface area contributed by atoms with E-state index in [1.54, 1.807) is 30.3 Å². The van der Waals surface area contributed by atoms with Gasteiger partial charge in [0.2, 0.25) is 5.91 Å². The van der Waals surface area contributed by atoms with Gasteiger partial charge in [0.15, 0.2) is 6.10 Å². The van der Waals surface area contributed by atoms with Crippen molar-refractivity contribution in [3.05, 3.63) is 53.3 Å². The summed E-state index contributed by atoms with van der Waals surface area (Å²) in [5, 5.41) is 5.69. The topological polar surface area (TPSA) is 101 Å². The van der Waals surface area contributed by atoms with Crippen LogP contribution in [0.5, 0.6) is 5.75 Å². The SMILES string of the molecule is CCCNC(=O)[C@@H]1CN(C(=O)CNC(=O)c2cc(Cl)ccn2)c2ccccc2O1. The highest BCUT2D eigenvalue weighted by molar-refractivity contribution is 6.30. The van der Waals surface area contributed by atoms with Gasteiger partial charge in [-0.3, -0.25) is 19.4 Å². The number of pyridine rings is 1. The van der Waals surface area contributed by atoms with E-state index >= 15 is 0 Å². The van der Waals surface area contributed by atoms with Crippen LogP contribution in [0.25, 0.3) is 0 Å². The molecule has 0 saturated heterocycles. The van der Waals surface area contributed by atoms with E-state index in [9.17, 15) is 14.4 Å². The van der Waals surface area contributed by atoms with Crippen molar-refractivity contribution >= 4 is 35.0 Å². The van der Waals surface area contributed by atoms with E-state index in [4.69, 9.17) is 16.3 Å². The minimum absolute atomic E-state index is 0.0523. The highest BCUT2D eigenvalue weighted by Crippen LogP contribution is 2.33. The van der Waals surface area contributed by atoms with Crippen LogP contribution < -0.4 is 20.3 Å². The first-order valence-electron chi connectivity index (χ1n) is 9.23. The van der Waals surface area contributed by atoms with Gasteiger partial charge in [-0.15, -0.1) is 0 Å². The minimum atomic E-state index is -0.828. The Morgan fingerprint density at radius 3 is 2.79 bits per heavy atom. The van der Waals surface area contributed by atoms with Crippen LogP contribution >= 0.6 is 11.6 Å². The predicted octanol–water partition coefficient (Wildman–Crippen LogP) is 1.79. The lowest BCUT2D eigenvalue weighted by Gasteiger charge is -2.34. The summed E-state index contributed by atoms with van der Waals surface area (Å²) in [7, 11) is 0. The Balaban J connectivity index is 1.70. The van der Waals surface area contributed by atoms with Crippen LogP contribution in [0.15, 0.2) is 42.6 Å². The van der Waals surface area contributed by atoms with Crippen molar-refractivity contribution in [2.75, 3.05) is 24.5 Å². The quantitative estimate of drug-likeness (QED) is 0.747. The van der Waals surface area contributed by atoms with Crippen molar-refractivity contribution in [2.24, 2.45) is 0 Å². The number of halogens is 1. The molecule has 0 radical (unpaired) electrons. The zero-order valence-electron chi connectivity index (χ0n) is 15.9. The van der Waals surface area contributed by atoms with Crippen molar-refractivity contribution in [1.82, 2.24) is 15.6 Å². The lowest BCUT2D eigenvalue weighted by molar-refractivity contribution is -0.128. The zero-order chi connectivity index (χ0) is 20.8. The van der Waals surface area contributed by atoms with E-state index in [1.165, 1.54) is 17.2 Å². The molecule has 29 heavy (non-hydrogen) atoms. The number of nitrogens with one attached hydrogen (secondary N) is 2. The molecule has 9 heteroatoms. The molecule has 0 saturated carbocycles. The van der Waals surface area contributed by atoms with Crippen LogP contribution in [0.1, 0.15) is 23.8 Å². The van der Waals surface area contributed by atoms with Gasteiger partial charge >= 0.3 is 0 Å². The zero-order valence-corrected chi connectivity index (χ0v) is 16.6. The van der Waals surface area contributed by atoms with Crippen molar-refractivity contribution < 1.29 is 19.1 Å². The first kappa shape index (κ1) is 20.6. The molecule has 2 aromatic rings. The standard InChI is InChI=1S/C20H21ClN4O4/c1-2-8-23-20(28)17-12-25(15-5-3-4-6-16(15)29-17)18(26)11-24-19(27)14-10-13(21)7-9-22-14/h3-7,9-10,17H,2,8,11-12H2,1H3,(H,23,28)(H,24,27)/t17-/m0/s1. The Labute approximate surface area is 173 Å². The predicted molar refractivity (Wildman–Crippen MR) is 108 cm³/mol. The van der Waals surface area contributed by atoms with Gasteiger partial charge in [-0.1, -0.05) is 30.7 Å². The third kappa shape index (κ3) is 5.03. The molecule has 0 unspecified atom stereocenters. The molecule has 0 spiro atoms. The molecule has 0 aliphatic carbocycles. The van der Waals surface area contributed by atoms with Gasteiger partial charge in [-0.25, -0.2) is 0 Å². The molecule has 0 fully saturated rings. The highest BCUT2D eigenvalue weighted by atomic mass is 35.5.